The van der Waals surface area contributed by atoms with E-state index < -0.39 is 5.97 Å². The van der Waals surface area contributed by atoms with Crippen molar-refractivity contribution in [1.29, 1.82) is 0 Å². The second-order valence-electron chi connectivity index (χ2n) is 3.27. The van der Waals surface area contributed by atoms with Gasteiger partial charge in [-0.05, 0) is 23.7 Å². The van der Waals surface area contributed by atoms with E-state index in [1.807, 2.05) is 0 Å². The molecule has 0 saturated heterocycles. The van der Waals surface area contributed by atoms with Crippen LogP contribution in [0.1, 0.15) is 10.4 Å². The molecule has 0 spiro atoms. The number of hydrogen-bond acceptors (Lipinski definition) is 6. The molecule has 0 aliphatic carbocycles. The second-order valence-corrected chi connectivity index (χ2v) is 3.88. The summed E-state index contributed by atoms with van der Waals surface area (Å²) in [6.45, 7) is 0. The number of rotatable bonds is 2. The Morgan fingerprint density at radius 2 is 2.29 bits per heavy atom. The Balaban J connectivity index is 2.26. The Morgan fingerprint density at radius 3 is 3.00 bits per heavy atom. The van der Waals surface area contributed by atoms with Gasteiger partial charge in [-0.1, -0.05) is 10.6 Å². The molecule has 2 aromatic heterocycles. The monoisotopic (exact) mass is 247 g/mol. The maximum atomic E-state index is 11.0. The Kier molecular flexibility index (Phi) is 2.12. The molecule has 6 nitrogen and oxygen atoms in total. The number of oxazole rings is 1. The van der Waals surface area contributed by atoms with Crippen LogP contribution in [-0.2, 0) is 0 Å². The fourth-order valence-electron chi connectivity index (χ4n) is 1.48. The first-order valence-corrected chi connectivity index (χ1v) is 5.49. The third-order valence-electron chi connectivity index (χ3n) is 2.22. The molecule has 17 heavy (non-hydrogen) atoms. The Bertz CT molecular complexity index is 690. The average molecular weight is 247 g/mol. The number of carboxylic acid groups (broad SMARTS) is 1. The molecule has 84 valence electrons. The van der Waals surface area contributed by atoms with Crippen LogP contribution >= 0.6 is 11.5 Å². The first-order chi connectivity index (χ1) is 8.25. The minimum atomic E-state index is -1.05. The lowest BCUT2D eigenvalue weighted by molar-refractivity contribution is 0.0698. The summed E-state index contributed by atoms with van der Waals surface area (Å²) in [6.07, 6.45) is 0. The Labute approximate surface area is 98.7 Å². The van der Waals surface area contributed by atoms with Gasteiger partial charge in [0.1, 0.15) is 11.1 Å². The highest BCUT2D eigenvalue weighted by Crippen LogP contribution is 2.25. The van der Waals surface area contributed by atoms with Crippen LogP contribution in [-0.4, -0.2) is 25.6 Å². The summed E-state index contributed by atoms with van der Waals surface area (Å²) in [6, 6.07) is 4.78. The predicted octanol–water partition coefficient (Wildman–Crippen LogP) is 2.04. The van der Waals surface area contributed by atoms with E-state index in [1.54, 1.807) is 17.5 Å². The summed E-state index contributed by atoms with van der Waals surface area (Å²) in [5.41, 5.74) is 1.34. The van der Waals surface area contributed by atoms with Crippen molar-refractivity contribution in [3.05, 3.63) is 29.1 Å². The maximum absolute atomic E-state index is 11.0. The van der Waals surface area contributed by atoms with Gasteiger partial charge in [0, 0.05) is 5.38 Å². The first-order valence-electron chi connectivity index (χ1n) is 4.66. The van der Waals surface area contributed by atoms with Crippen LogP contribution in [0, 0.1) is 0 Å². The van der Waals surface area contributed by atoms with E-state index in [9.17, 15) is 4.79 Å². The zero-order chi connectivity index (χ0) is 11.8. The number of aromatic carboxylic acids is 1. The zero-order valence-corrected chi connectivity index (χ0v) is 9.14. The third-order valence-corrected chi connectivity index (χ3v) is 2.73. The van der Waals surface area contributed by atoms with Crippen LogP contribution in [0.5, 0.6) is 0 Å². The molecule has 0 unspecified atom stereocenters. The third kappa shape index (κ3) is 1.56. The number of nitrogens with zero attached hydrogens (tertiary/aromatic N) is 3. The van der Waals surface area contributed by atoms with Crippen molar-refractivity contribution < 1.29 is 14.3 Å². The molecule has 3 rings (SSSR count). The van der Waals surface area contributed by atoms with Gasteiger partial charge in [-0.25, -0.2) is 9.78 Å². The van der Waals surface area contributed by atoms with Crippen LogP contribution in [0.4, 0.5) is 0 Å². The van der Waals surface area contributed by atoms with E-state index in [4.69, 9.17) is 9.52 Å². The number of aromatic nitrogens is 3. The minimum Gasteiger partial charge on any atom is -0.478 e. The lowest BCUT2D eigenvalue weighted by Gasteiger charge is -1.92. The highest BCUT2D eigenvalue weighted by molar-refractivity contribution is 7.03. The number of carboxylic acids is 1. The number of fused-ring (bicyclic) bond motifs is 1. The summed E-state index contributed by atoms with van der Waals surface area (Å²) in [7, 11) is 0. The zero-order valence-electron chi connectivity index (χ0n) is 8.32. The summed E-state index contributed by atoms with van der Waals surface area (Å²) < 4.78 is 9.12. The van der Waals surface area contributed by atoms with E-state index >= 15 is 0 Å². The average Bonchev–Trinajstić information content (AvgIpc) is 2.96. The summed E-state index contributed by atoms with van der Waals surface area (Å²) in [4.78, 5) is 15.2. The van der Waals surface area contributed by atoms with Crippen molar-refractivity contribution >= 4 is 28.6 Å². The van der Waals surface area contributed by atoms with E-state index in [-0.39, 0.29) is 17.0 Å². The number of hydrogen-bond donors (Lipinski definition) is 1. The van der Waals surface area contributed by atoms with Gasteiger partial charge >= 0.3 is 5.97 Å². The van der Waals surface area contributed by atoms with E-state index in [0.717, 1.165) is 0 Å². The fraction of sp³-hybridized carbons (Fsp3) is 0. The predicted molar refractivity (Wildman–Crippen MR) is 59.9 cm³/mol. The van der Waals surface area contributed by atoms with Crippen molar-refractivity contribution in [3.8, 4) is 11.6 Å². The van der Waals surface area contributed by atoms with Gasteiger partial charge < -0.3 is 9.52 Å². The van der Waals surface area contributed by atoms with Crippen molar-refractivity contribution in [1.82, 2.24) is 14.6 Å². The molecule has 0 aliphatic heterocycles. The van der Waals surface area contributed by atoms with E-state index in [0.29, 0.717) is 11.2 Å². The SMILES string of the molecule is O=C(O)c1cccc2nc(-c3csnn3)oc12. The standard InChI is InChI=1S/C10H5N3O3S/c14-10(15)5-2-1-3-6-8(5)16-9(11-6)7-4-17-13-12-7/h1-4H,(H,14,15). The van der Waals surface area contributed by atoms with Crippen molar-refractivity contribution in [2.24, 2.45) is 0 Å². The van der Waals surface area contributed by atoms with Gasteiger partial charge in [-0.3, -0.25) is 0 Å². The quantitative estimate of drug-likeness (QED) is 0.745. The lowest BCUT2D eigenvalue weighted by Crippen LogP contribution is -1.95. The Morgan fingerprint density at radius 1 is 1.41 bits per heavy atom. The maximum Gasteiger partial charge on any atom is 0.339 e. The van der Waals surface area contributed by atoms with Gasteiger partial charge in [0.25, 0.3) is 0 Å². The molecule has 2 heterocycles. The summed E-state index contributed by atoms with van der Waals surface area (Å²) >= 11 is 1.18. The molecule has 0 aliphatic rings. The van der Waals surface area contributed by atoms with Crippen LogP contribution in [0.3, 0.4) is 0 Å². The molecular weight excluding hydrogens is 242 g/mol. The molecule has 0 amide bonds. The molecule has 0 atom stereocenters. The fourth-order valence-corrected chi connectivity index (χ4v) is 1.91. The van der Waals surface area contributed by atoms with Crippen LogP contribution in [0.25, 0.3) is 22.7 Å². The largest absolute Gasteiger partial charge is 0.478 e. The van der Waals surface area contributed by atoms with Crippen molar-refractivity contribution in [2.45, 2.75) is 0 Å². The number of benzene rings is 1. The lowest BCUT2D eigenvalue weighted by atomic mass is 10.2. The number of carbonyl (C=O) groups is 1. The molecule has 7 heteroatoms. The van der Waals surface area contributed by atoms with Gasteiger partial charge in [-0.2, -0.15) is 0 Å². The second kappa shape index (κ2) is 3.63. The molecule has 3 aromatic rings. The van der Waals surface area contributed by atoms with E-state index in [2.05, 4.69) is 14.6 Å². The van der Waals surface area contributed by atoms with E-state index in [1.165, 1.54) is 17.6 Å². The minimum absolute atomic E-state index is 0.0874. The first kappa shape index (κ1) is 9.91. The molecule has 0 saturated carbocycles. The van der Waals surface area contributed by atoms with Gasteiger partial charge in [-0.15, -0.1) is 5.10 Å². The summed E-state index contributed by atoms with van der Waals surface area (Å²) in [5.74, 6) is -0.767. The van der Waals surface area contributed by atoms with Crippen LogP contribution in [0.15, 0.2) is 28.0 Å². The smallest absolute Gasteiger partial charge is 0.339 e. The molecule has 0 fully saturated rings. The Hall–Kier alpha value is -2.28. The molecule has 1 aromatic carbocycles. The topological polar surface area (TPSA) is 89.1 Å². The molecule has 1 N–H and O–H groups in total. The number of para-hydroxylation sites is 1. The summed E-state index contributed by atoms with van der Waals surface area (Å²) in [5, 5.41) is 14.5. The van der Waals surface area contributed by atoms with Gasteiger partial charge in [0.15, 0.2) is 11.3 Å². The van der Waals surface area contributed by atoms with Gasteiger partial charge in [0.2, 0.25) is 5.89 Å². The van der Waals surface area contributed by atoms with Crippen molar-refractivity contribution in [2.75, 3.05) is 0 Å². The van der Waals surface area contributed by atoms with Crippen molar-refractivity contribution in [3.63, 3.8) is 0 Å². The van der Waals surface area contributed by atoms with Crippen LogP contribution < -0.4 is 0 Å². The highest BCUT2D eigenvalue weighted by atomic mass is 32.1. The van der Waals surface area contributed by atoms with Crippen LogP contribution in [0.2, 0.25) is 0 Å². The van der Waals surface area contributed by atoms with Gasteiger partial charge in [0.05, 0.1) is 0 Å². The highest BCUT2D eigenvalue weighted by Gasteiger charge is 2.16. The molecule has 0 bridgehead atoms. The normalized spacial score (nSPS) is 10.8. The molecule has 0 radical (unpaired) electrons. The molecular formula is C10H5N3O3S.